The van der Waals surface area contributed by atoms with Crippen LogP contribution in [-0.4, -0.2) is 29.6 Å². The summed E-state index contributed by atoms with van der Waals surface area (Å²) in [6, 6.07) is 14.8. The second-order valence-electron chi connectivity index (χ2n) is 6.14. The molecule has 2 aromatic carbocycles. The lowest BCUT2D eigenvalue weighted by Crippen LogP contribution is -2.36. The van der Waals surface area contributed by atoms with Crippen molar-refractivity contribution in [3.63, 3.8) is 0 Å². The third kappa shape index (κ3) is 2.73. The number of rotatable bonds is 4. The third-order valence-electron chi connectivity index (χ3n) is 4.66. The van der Waals surface area contributed by atoms with Gasteiger partial charge in [0.25, 0.3) is 0 Å². The van der Waals surface area contributed by atoms with Crippen LogP contribution in [0, 0.1) is 0 Å². The summed E-state index contributed by atoms with van der Waals surface area (Å²) in [5.74, 6) is 0.497. The molecule has 0 fully saturated rings. The van der Waals surface area contributed by atoms with Crippen LogP contribution in [0.15, 0.2) is 42.5 Å². The van der Waals surface area contributed by atoms with Crippen LogP contribution in [0.5, 0.6) is 5.75 Å². The SMILES string of the molecule is CCCN(C)[C@@H]1Cc2cc(O)c(Cl)cc2[C@H]1c1ccccc1. The quantitative estimate of drug-likeness (QED) is 0.901. The first-order valence-corrected chi connectivity index (χ1v) is 8.26. The van der Waals surface area contributed by atoms with Crippen molar-refractivity contribution in [1.82, 2.24) is 4.90 Å². The van der Waals surface area contributed by atoms with E-state index in [1.807, 2.05) is 18.2 Å². The highest BCUT2D eigenvalue weighted by molar-refractivity contribution is 6.32. The molecule has 0 radical (unpaired) electrons. The van der Waals surface area contributed by atoms with Gasteiger partial charge >= 0.3 is 0 Å². The standard InChI is InChI=1S/C19H22ClNO/c1-3-9-21(2)17-10-14-11-18(22)16(20)12-15(14)19(17)13-7-5-4-6-8-13/h4-8,11-12,17,19,22H,3,9-10H2,1-2H3/t17-,19-/m1/s1. The molecular formula is C19H22ClNO. The summed E-state index contributed by atoms with van der Waals surface area (Å²) in [4.78, 5) is 2.43. The second kappa shape index (κ2) is 6.31. The van der Waals surface area contributed by atoms with E-state index in [9.17, 15) is 5.11 Å². The lowest BCUT2D eigenvalue weighted by atomic mass is 9.89. The van der Waals surface area contributed by atoms with Gasteiger partial charge in [0.2, 0.25) is 0 Å². The molecule has 0 saturated heterocycles. The fraction of sp³-hybridized carbons (Fsp3) is 0.368. The van der Waals surface area contributed by atoms with Crippen molar-refractivity contribution in [2.45, 2.75) is 31.7 Å². The zero-order valence-electron chi connectivity index (χ0n) is 13.1. The maximum absolute atomic E-state index is 9.92. The monoisotopic (exact) mass is 315 g/mol. The van der Waals surface area contributed by atoms with Gasteiger partial charge in [0.15, 0.2) is 0 Å². The van der Waals surface area contributed by atoms with Crippen LogP contribution in [0.25, 0.3) is 0 Å². The summed E-state index contributed by atoms with van der Waals surface area (Å²) in [5.41, 5.74) is 3.78. The average molecular weight is 316 g/mol. The predicted molar refractivity (Wildman–Crippen MR) is 91.8 cm³/mol. The molecule has 2 atom stereocenters. The maximum Gasteiger partial charge on any atom is 0.134 e. The van der Waals surface area contributed by atoms with Crippen LogP contribution in [0.2, 0.25) is 5.02 Å². The lowest BCUT2D eigenvalue weighted by molar-refractivity contribution is 0.233. The predicted octanol–water partition coefficient (Wildman–Crippen LogP) is 4.44. The van der Waals surface area contributed by atoms with E-state index < -0.39 is 0 Å². The number of nitrogens with zero attached hydrogens (tertiary/aromatic N) is 1. The number of fused-ring (bicyclic) bond motifs is 1. The summed E-state index contributed by atoms with van der Waals surface area (Å²) in [6.07, 6.45) is 2.09. The molecule has 116 valence electrons. The number of halogens is 1. The van der Waals surface area contributed by atoms with Gasteiger partial charge in [-0.1, -0.05) is 48.9 Å². The van der Waals surface area contributed by atoms with Crippen LogP contribution in [0.4, 0.5) is 0 Å². The fourth-order valence-electron chi connectivity index (χ4n) is 3.63. The van der Waals surface area contributed by atoms with Gasteiger partial charge in [-0.3, -0.25) is 0 Å². The van der Waals surface area contributed by atoms with Gasteiger partial charge in [0.1, 0.15) is 5.75 Å². The molecule has 0 bridgehead atoms. The number of benzene rings is 2. The van der Waals surface area contributed by atoms with Gasteiger partial charge in [-0.15, -0.1) is 0 Å². The molecule has 2 nitrogen and oxygen atoms in total. The number of hydrogen-bond donors (Lipinski definition) is 1. The van der Waals surface area contributed by atoms with Crippen molar-refractivity contribution >= 4 is 11.6 Å². The van der Waals surface area contributed by atoms with E-state index in [0.29, 0.717) is 17.0 Å². The van der Waals surface area contributed by atoms with Gasteiger partial charge in [-0.2, -0.15) is 0 Å². The number of phenolic OH excluding ortho intramolecular Hbond substituents is 1. The molecule has 3 rings (SSSR count). The Morgan fingerprint density at radius 2 is 1.95 bits per heavy atom. The normalized spacial score (nSPS) is 20.4. The largest absolute Gasteiger partial charge is 0.506 e. The minimum atomic E-state index is 0.186. The maximum atomic E-state index is 9.92. The number of aromatic hydroxyl groups is 1. The van der Waals surface area contributed by atoms with E-state index in [0.717, 1.165) is 19.4 Å². The lowest BCUT2D eigenvalue weighted by Gasteiger charge is -2.30. The minimum absolute atomic E-state index is 0.186. The average Bonchev–Trinajstić information content (AvgIpc) is 2.87. The number of phenols is 1. The molecule has 0 spiro atoms. The summed E-state index contributed by atoms with van der Waals surface area (Å²) >= 11 is 6.17. The molecule has 0 unspecified atom stereocenters. The van der Waals surface area contributed by atoms with Gasteiger partial charge in [-0.25, -0.2) is 0 Å². The molecule has 0 aromatic heterocycles. The van der Waals surface area contributed by atoms with E-state index in [1.54, 1.807) is 0 Å². The number of likely N-dealkylation sites (N-methyl/N-ethyl adjacent to an activating group) is 1. The first kappa shape index (κ1) is 15.4. The molecular weight excluding hydrogens is 294 g/mol. The molecule has 2 aromatic rings. The van der Waals surface area contributed by atoms with E-state index in [4.69, 9.17) is 11.6 Å². The zero-order chi connectivity index (χ0) is 15.7. The Morgan fingerprint density at radius 1 is 1.23 bits per heavy atom. The van der Waals surface area contributed by atoms with Crippen LogP contribution < -0.4 is 0 Å². The minimum Gasteiger partial charge on any atom is -0.506 e. The van der Waals surface area contributed by atoms with Crippen LogP contribution >= 0.6 is 11.6 Å². The Morgan fingerprint density at radius 3 is 2.64 bits per heavy atom. The van der Waals surface area contributed by atoms with Crippen molar-refractivity contribution in [3.05, 3.63) is 64.2 Å². The smallest absolute Gasteiger partial charge is 0.134 e. The van der Waals surface area contributed by atoms with Crippen molar-refractivity contribution in [1.29, 1.82) is 0 Å². The molecule has 0 saturated carbocycles. The van der Waals surface area contributed by atoms with E-state index >= 15 is 0 Å². The molecule has 0 amide bonds. The third-order valence-corrected chi connectivity index (χ3v) is 4.96. The highest BCUT2D eigenvalue weighted by Crippen LogP contribution is 2.43. The molecule has 1 N–H and O–H groups in total. The Kier molecular flexibility index (Phi) is 4.42. The first-order chi connectivity index (χ1) is 10.6. The Balaban J connectivity index is 2.06. The molecule has 1 aliphatic rings. The molecule has 3 heteroatoms. The Bertz CT molecular complexity index is 656. The van der Waals surface area contributed by atoms with Gasteiger partial charge < -0.3 is 10.0 Å². The molecule has 0 aliphatic heterocycles. The Hall–Kier alpha value is -1.51. The fourth-order valence-corrected chi connectivity index (χ4v) is 3.80. The molecule has 1 aliphatic carbocycles. The summed E-state index contributed by atoms with van der Waals surface area (Å²) in [7, 11) is 2.19. The number of hydrogen-bond acceptors (Lipinski definition) is 2. The van der Waals surface area contributed by atoms with Gasteiger partial charge in [0, 0.05) is 12.0 Å². The highest BCUT2D eigenvalue weighted by Gasteiger charge is 2.36. The van der Waals surface area contributed by atoms with Crippen molar-refractivity contribution in [2.75, 3.05) is 13.6 Å². The van der Waals surface area contributed by atoms with Gasteiger partial charge in [0.05, 0.1) is 5.02 Å². The summed E-state index contributed by atoms with van der Waals surface area (Å²) in [6.45, 7) is 3.28. The van der Waals surface area contributed by atoms with Crippen LogP contribution in [0.1, 0.15) is 36.0 Å². The van der Waals surface area contributed by atoms with E-state index in [2.05, 4.69) is 43.1 Å². The molecule has 0 heterocycles. The Labute approximate surface area is 137 Å². The summed E-state index contributed by atoms with van der Waals surface area (Å²) < 4.78 is 0. The zero-order valence-corrected chi connectivity index (χ0v) is 13.8. The molecule has 22 heavy (non-hydrogen) atoms. The van der Waals surface area contributed by atoms with Crippen molar-refractivity contribution < 1.29 is 5.11 Å². The van der Waals surface area contributed by atoms with Crippen LogP contribution in [-0.2, 0) is 6.42 Å². The van der Waals surface area contributed by atoms with Crippen molar-refractivity contribution in [2.24, 2.45) is 0 Å². The second-order valence-corrected chi connectivity index (χ2v) is 6.55. The van der Waals surface area contributed by atoms with Crippen molar-refractivity contribution in [3.8, 4) is 5.75 Å². The van der Waals surface area contributed by atoms with Gasteiger partial charge in [-0.05, 0) is 55.3 Å². The van der Waals surface area contributed by atoms with Crippen LogP contribution in [0.3, 0.4) is 0 Å². The van der Waals surface area contributed by atoms with E-state index in [-0.39, 0.29) is 5.75 Å². The van der Waals surface area contributed by atoms with E-state index in [1.165, 1.54) is 16.7 Å². The summed E-state index contributed by atoms with van der Waals surface area (Å²) in [5, 5.41) is 10.4. The first-order valence-electron chi connectivity index (χ1n) is 7.88. The highest BCUT2D eigenvalue weighted by atomic mass is 35.5. The topological polar surface area (TPSA) is 23.5 Å².